The first-order valence-electron chi connectivity index (χ1n) is 10.0. The zero-order valence-corrected chi connectivity index (χ0v) is 17.7. The minimum absolute atomic E-state index is 0.0586. The van der Waals surface area contributed by atoms with Crippen LogP contribution in [0, 0.1) is 0 Å². The van der Waals surface area contributed by atoms with Gasteiger partial charge in [0.1, 0.15) is 6.54 Å². The quantitative estimate of drug-likeness (QED) is 0.616. The van der Waals surface area contributed by atoms with E-state index in [1.807, 2.05) is 30.3 Å². The highest BCUT2D eigenvalue weighted by Crippen LogP contribution is 2.43. The molecule has 1 aliphatic heterocycles. The third-order valence-electron chi connectivity index (χ3n) is 6.09. The van der Waals surface area contributed by atoms with Crippen molar-refractivity contribution < 1.29 is 4.79 Å². The monoisotopic (exact) mass is 414 g/mol. The van der Waals surface area contributed by atoms with Gasteiger partial charge in [-0.25, -0.2) is 0 Å². The number of rotatable bonds is 4. The molecule has 0 radical (unpaired) electrons. The molecule has 1 saturated carbocycles. The van der Waals surface area contributed by atoms with Crippen LogP contribution >= 0.6 is 11.6 Å². The molecular weight excluding hydrogens is 388 g/mol. The Labute approximate surface area is 176 Å². The van der Waals surface area contributed by atoms with Gasteiger partial charge < -0.3 is 15.1 Å². The highest BCUT2D eigenvalue weighted by atomic mass is 35.5. The summed E-state index contributed by atoms with van der Waals surface area (Å²) in [5.74, 6) is 0.840. The Bertz CT molecular complexity index is 902. The molecule has 7 nitrogen and oxygen atoms in total. The van der Waals surface area contributed by atoms with E-state index in [0.717, 1.165) is 42.6 Å². The van der Waals surface area contributed by atoms with Crippen molar-refractivity contribution in [1.82, 2.24) is 20.0 Å². The molecular formula is C21H27ClN6O. The average Bonchev–Trinajstić information content (AvgIpc) is 3.11. The third-order valence-corrected chi connectivity index (χ3v) is 6.34. The molecule has 2 aliphatic rings. The number of halogens is 1. The summed E-state index contributed by atoms with van der Waals surface area (Å²) in [7, 11) is 3.63. The largest absolute Gasteiger partial charge is 0.355 e. The van der Waals surface area contributed by atoms with E-state index < -0.39 is 0 Å². The van der Waals surface area contributed by atoms with Gasteiger partial charge in [0, 0.05) is 50.4 Å². The van der Waals surface area contributed by atoms with Crippen molar-refractivity contribution in [1.29, 1.82) is 0 Å². The maximum Gasteiger partial charge on any atom is 0.246 e. The fourth-order valence-corrected chi connectivity index (χ4v) is 4.36. The summed E-state index contributed by atoms with van der Waals surface area (Å²) in [5, 5.41) is 8.46. The van der Waals surface area contributed by atoms with Crippen molar-refractivity contribution in [2.75, 3.05) is 38.1 Å². The fraction of sp³-hybridized carbons (Fsp3) is 0.476. The van der Waals surface area contributed by atoms with Gasteiger partial charge in [-0.05, 0) is 30.5 Å². The molecule has 1 saturated heterocycles. The minimum atomic E-state index is 0.0586. The highest BCUT2D eigenvalue weighted by Gasteiger charge is 2.39. The number of anilines is 1. The summed E-state index contributed by atoms with van der Waals surface area (Å²) >= 11 is 6.06. The second-order valence-corrected chi connectivity index (χ2v) is 8.32. The van der Waals surface area contributed by atoms with Crippen LogP contribution in [-0.4, -0.2) is 59.8 Å². The van der Waals surface area contributed by atoms with Crippen LogP contribution < -0.4 is 10.2 Å². The van der Waals surface area contributed by atoms with Crippen LogP contribution in [0.4, 0.5) is 5.69 Å². The molecule has 154 valence electrons. The molecule has 29 heavy (non-hydrogen) atoms. The SMILES string of the molecule is CN=C(NCC1(c2ccc(Cl)cc2)CCC1)N1CCN(c2cnn(C)c2)C(=O)C1. The zero-order valence-electron chi connectivity index (χ0n) is 16.9. The molecule has 1 amide bonds. The van der Waals surface area contributed by atoms with E-state index >= 15 is 0 Å². The zero-order chi connectivity index (χ0) is 20.4. The second kappa shape index (κ2) is 8.06. The molecule has 2 aromatic rings. The second-order valence-electron chi connectivity index (χ2n) is 7.88. The number of nitrogens with one attached hydrogen (secondary N) is 1. The number of guanidine groups is 1. The Morgan fingerprint density at radius 1 is 1.28 bits per heavy atom. The number of aliphatic imine (C=N–C) groups is 1. The lowest BCUT2D eigenvalue weighted by Crippen LogP contribution is -2.57. The number of aryl methyl sites for hydroxylation is 1. The fourth-order valence-electron chi connectivity index (χ4n) is 4.23. The normalized spacial score (nSPS) is 19.3. The predicted molar refractivity (Wildman–Crippen MR) is 115 cm³/mol. The van der Waals surface area contributed by atoms with Crippen LogP contribution in [0.5, 0.6) is 0 Å². The topological polar surface area (TPSA) is 65.8 Å². The number of hydrogen-bond donors (Lipinski definition) is 1. The minimum Gasteiger partial charge on any atom is -0.355 e. The van der Waals surface area contributed by atoms with Crippen LogP contribution in [0.1, 0.15) is 24.8 Å². The lowest BCUT2D eigenvalue weighted by Gasteiger charge is -2.44. The van der Waals surface area contributed by atoms with E-state index in [0.29, 0.717) is 13.1 Å². The van der Waals surface area contributed by atoms with Crippen LogP contribution in [-0.2, 0) is 17.3 Å². The van der Waals surface area contributed by atoms with Crippen molar-refractivity contribution >= 4 is 29.2 Å². The molecule has 1 aromatic carbocycles. The number of amides is 1. The molecule has 0 atom stereocenters. The molecule has 1 aliphatic carbocycles. The first-order chi connectivity index (χ1) is 14.0. The predicted octanol–water partition coefficient (Wildman–Crippen LogP) is 2.42. The van der Waals surface area contributed by atoms with E-state index in [-0.39, 0.29) is 11.3 Å². The highest BCUT2D eigenvalue weighted by molar-refractivity contribution is 6.30. The molecule has 0 unspecified atom stereocenters. The number of hydrogen-bond acceptors (Lipinski definition) is 3. The van der Waals surface area contributed by atoms with E-state index in [1.165, 1.54) is 12.0 Å². The van der Waals surface area contributed by atoms with Gasteiger partial charge in [0.15, 0.2) is 5.96 Å². The van der Waals surface area contributed by atoms with Crippen LogP contribution in [0.2, 0.25) is 5.02 Å². The number of aromatic nitrogens is 2. The first-order valence-corrected chi connectivity index (χ1v) is 10.4. The van der Waals surface area contributed by atoms with E-state index in [9.17, 15) is 4.79 Å². The Morgan fingerprint density at radius 2 is 2.03 bits per heavy atom. The van der Waals surface area contributed by atoms with E-state index in [4.69, 9.17) is 11.6 Å². The van der Waals surface area contributed by atoms with Gasteiger partial charge in [0.2, 0.25) is 5.91 Å². The lowest BCUT2D eigenvalue weighted by molar-refractivity contribution is -0.120. The molecule has 0 spiro atoms. The van der Waals surface area contributed by atoms with Crippen molar-refractivity contribution in [3.8, 4) is 0 Å². The number of nitrogens with zero attached hydrogens (tertiary/aromatic N) is 5. The number of benzene rings is 1. The van der Waals surface area contributed by atoms with Crippen LogP contribution in [0.3, 0.4) is 0 Å². The summed E-state index contributed by atoms with van der Waals surface area (Å²) in [5.41, 5.74) is 2.27. The molecule has 1 N–H and O–H groups in total. The van der Waals surface area contributed by atoms with Gasteiger partial charge in [0.05, 0.1) is 11.9 Å². The summed E-state index contributed by atoms with van der Waals surface area (Å²) in [6.45, 7) is 2.46. The molecule has 8 heteroatoms. The van der Waals surface area contributed by atoms with E-state index in [2.05, 4.69) is 27.5 Å². The van der Waals surface area contributed by atoms with Gasteiger partial charge in [-0.2, -0.15) is 5.10 Å². The van der Waals surface area contributed by atoms with Crippen molar-refractivity contribution in [3.05, 3.63) is 47.2 Å². The molecule has 0 bridgehead atoms. The number of carbonyl (C=O) groups is 1. The first kappa shape index (κ1) is 19.8. The summed E-state index contributed by atoms with van der Waals surface area (Å²) in [4.78, 5) is 21.0. The molecule has 4 rings (SSSR count). The molecule has 2 heterocycles. The molecule has 1 aromatic heterocycles. The molecule has 2 fully saturated rings. The van der Waals surface area contributed by atoms with Gasteiger partial charge in [-0.15, -0.1) is 0 Å². The number of carbonyl (C=O) groups excluding carboxylic acids is 1. The standard InChI is InChI=1S/C21H27ClN6O/c1-23-20(24-15-21(8-3-9-21)16-4-6-17(22)7-5-16)27-10-11-28(19(29)14-27)18-12-25-26(2)13-18/h4-7,12-13H,3,8-11,14-15H2,1-2H3,(H,23,24). The van der Waals surface area contributed by atoms with Gasteiger partial charge in [0.25, 0.3) is 0 Å². The summed E-state index contributed by atoms with van der Waals surface area (Å²) < 4.78 is 1.71. The third kappa shape index (κ3) is 3.96. The van der Waals surface area contributed by atoms with Crippen LogP contribution in [0.15, 0.2) is 41.7 Å². The van der Waals surface area contributed by atoms with Gasteiger partial charge >= 0.3 is 0 Å². The Hall–Kier alpha value is -2.54. The van der Waals surface area contributed by atoms with Gasteiger partial charge in [-0.3, -0.25) is 14.5 Å². The Morgan fingerprint density at radius 3 is 2.59 bits per heavy atom. The average molecular weight is 415 g/mol. The van der Waals surface area contributed by atoms with Crippen molar-refractivity contribution in [3.63, 3.8) is 0 Å². The maximum absolute atomic E-state index is 12.7. The summed E-state index contributed by atoms with van der Waals surface area (Å²) in [6, 6.07) is 8.18. The smallest absolute Gasteiger partial charge is 0.246 e. The summed E-state index contributed by atoms with van der Waals surface area (Å²) in [6.07, 6.45) is 7.12. The number of piperazine rings is 1. The Kier molecular flexibility index (Phi) is 5.50. The maximum atomic E-state index is 12.7. The van der Waals surface area contributed by atoms with Crippen molar-refractivity contribution in [2.45, 2.75) is 24.7 Å². The van der Waals surface area contributed by atoms with Crippen molar-refractivity contribution in [2.24, 2.45) is 12.0 Å². The van der Waals surface area contributed by atoms with E-state index in [1.54, 1.807) is 22.8 Å². The lowest BCUT2D eigenvalue weighted by atomic mass is 9.64. The van der Waals surface area contributed by atoms with Gasteiger partial charge in [-0.1, -0.05) is 30.2 Å². The Balaban J connectivity index is 1.40. The van der Waals surface area contributed by atoms with Crippen LogP contribution in [0.25, 0.3) is 0 Å².